The molecule has 0 saturated heterocycles. The highest BCUT2D eigenvalue weighted by Gasteiger charge is 2.28. The summed E-state index contributed by atoms with van der Waals surface area (Å²) in [6.45, 7) is 12.3. The van der Waals surface area contributed by atoms with Crippen LogP contribution < -0.4 is 0 Å². The summed E-state index contributed by atoms with van der Waals surface area (Å²) in [5, 5.41) is 0.503. The van der Waals surface area contributed by atoms with E-state index in [2.05, 4.69) is 11.6 Å². The molecule has 0 N–H and O–H groups in total. The van der Waals surface area contributed by atoms with Gasteiger partial charge in [0.2, 0.25) is 5.95 Å². The number of carbonyl (C=O) groups excluding carboxylic acids is 1. The van der Waals surface area contributed by atoms with Crippen molar-refractivity contribution in [3.63, 3.8) is 0 Å². The Morgan fingerprint density at radius 3 is 2.43 bits per heavy atom. The van der Waals surface area contributed by atoms with Crippen LogP contribution in [0.15, 0.2) is 87.9 Å². The number of halogens is 4. The predicted molar refractivity (Wildman–Crippen MR) is 143 cm³/mol. The third kappa shape index (κ3) is 8.35. The van der Waals surface area contributed by atoms with E-state index in [0.29, 0.717) is 46.8 Å². The van der Waals surface area contributed by atoms with E-state index in [1.165, 1.54) is 24.8 Å². The normalized spacial score (nSPS) is 15.4. The average Bonchev–Trinajstić information content (AvgIpc) is 3.38. The largest absolute Gasteiger partial charge is 0.472 e. The van der Waals surface area contributed by atoms with Crippen molar-refractivity contribution >= 4 is 28.7 Å². The van der Waals surface area contributed by atoms with Gasteiger partial charge in [-0.05, 0) is 75.1 Å². The monoisotopic (exact) mass is 532 g/mol. The molecule has 198 valence electrons. The summed E-state index contributed by atoms with van der Waals surface area (Å²) in [6.07, 6.45) is 10.2. The van der Waals surface area contributed by atoms with E-state index in [0.717, 1.165) is 18.1 Å². The molecule has 4 nitrogen and oxygen atoms in total. The topological polar surface area (TPSA) is 46.3 Å². The number of aromatic nitrogens is 1. The number of hydrogen-bond acceptors (Lipinski definition) is 3. The molecule has 3 heterocycles. The predicted octanol–water partition coefficient (Wildman–Crippen LogP) is 8.21. The van der Waals surface area contributed by atoms with Crippen LogP contribution in [0.3, 0.4) is 0 Å². The molecule has 2 aromatic rings. The molecule has 0 atom stereocenters. The Hall–Kier alpha value is -3.32. The lowest BCUT2D eigenvalue weighted by molar-refractivity contribution is -0.126. The number of furan rings is 1. The van der Waals surface area contributed by atoms with Gasteiger partial charge < -0.3 is 9.32 Å². The van der Waals surface area contributed by atoms with Crippen molar-refractivity contribution < 1.29 is 22.4 Å². The van der Waals surface area contributed by atoms with Crippen LogP contribution in [0.4, 0.5) is 13.2 Å². The molecule has 0 bridgehead atoms. The Bertz CT molecular complexity index is 1230. The van der Waals surface area contributed by atoms with E-state index >= 15 is 0 Å². The van der Waals surface area contributed by atoms with Gasteiger partial charge in [0.05, 0.1) is 12.5 Å². The first-order chi connectivity index (χ1) is 17.4. The van der Waals surface area contributed by atoms with Gasteiger partial charge in [-0.1, -0.05) is 30.3 Å². The van der Waals surface area contributed by atoms with Crippen molar-refractivity contribution in [2.45, 2.75) is 47.0 Å². The number of nitrogens with zero attached hydrogens (tertiary/aromatic N) is 2. The zero-order chi connectivity index (χ0) is 27.8. The number of allylic oxidation sites excluding steroid dienone is 6. The molecule has 37 heavy (non-hydrogen) atoms. The van der Waals surface area contributed by atoms with E-state index < -0.39 is 11.9 Å². The third-order valence-corrected chi connectivity index (χ3v) is 6.12. The van der Waals surface area contributed by atoms with Crippen LogP contribution in [0.5, 0.6) is 0 Å². The van der Waals surface area contributed by atoms with Gasteiger partial charge in [-0.15, -0.1) is 0 Å². The maximum atomic E-state index is 13.6. The molecule has 0 aliphatic carbocycles. The smallest absolute Gasteiger partial charge is 0.270 e. The van der Waals surface area contributed by atoms with Crippen LogP contribution in [0, 0.1) is 5.95 Å². The van der Waals surface area contributed by atoms with Gasteiger partial charge >= 0.3 is 0 Å². The fraction of sp³-hybridized carbons (Fsp3) is 0.310. The number of carbonyl (C=O) groups is 1. The molecule has 0 unspecified atom stereocenters. The highest BCUT2D eigenvalue weighted by Crippen LogP contribution is 2.31. The quantitative estimate of drug-likeness (QED) is 0.214. The Morgan fingerprint density at radius 2 is 1.97 bits per heavy atom. The zero-order valence-electron chi connectivity index (χ0n) is 21.7. The Labute approximate surface area is 221 Å². The molecular formula is C29H32ClF3N2O2. The first-order valence-corrected chi connectivity index (χ1v) is 12.1. The minimum Gasteiger partial charge on any atom is -0.472 e. The molecule has 0 saturated carbocycles. The van der Waals surface area contributed by atoms with Crippen LogP contribution in [0.2, 0.25) is 0 Å². The van der Waals surface area contributed by atoms with Crippen LogP contribution in [0.1, 0.15) is 52.2 Å². The van der Waals surface area contributed by atoms with Crippen LogP contribution in [-0.2, 0) is 4.79 Å². The number of hydrogen-bond donors (Lipinski definition) is 0. The maximum Gasteiger partial charge on any atom is 0.270 e. The molecule has 1 aliphatic heterocycles. The highest BCUT2D eigenvalue weighted by atomic mass is 35.5. The minimum absolute atomic E-state index is 0.0631. The van der Waals surface area contributed by atoms with Crippen molar-refractivity contribution in [1.29, 1.82) is 0 Å². The highest BCUT2D eigenvalue weighted by molar-refractivity contribution is 6.31. The second-order valence-electron chi connectivity index (χ2n) is 8.71. The molecule has 1 aliphatic rings. The van der Waals surface area contributed by atoms with Crippen molar-refractivity contribution in [2.75, 3.05) is 13.1 Å². The molecule has 0 radical (unpaired) electrons. The van der Waals surface area contributed by atoms with Gasteiger partial charge in [0.15, 0.2) is 0 Å². The van der Waals surface area contributed by atoms with E-state index in [-0.39, 0.29) is 11.5 Å². The fourth-order valence-electron chi connectivity index (χ4n) is 3.65. The lowest BCUT2D eigenvalue weighted by Gasteiger charge is -2.27. The minimum atomic E-state index is -2.90. The summed E-state index contributed by atoms with van der Waals surface area (Å²) >= 11 is 5.85. The van der Waals surface area contributed by atoms with Gasteiger partial charge in [0.1, 0.15) is 0 Å². The summed E-state index contributed by atoms with van der Waals surface area (Å²) in [7, 11) is 0. The Kier molecular flexibility index (Phi) is 10.7. The standard InChI is InChI=1S/C15H16ClFN2O.C14H16F2O/c1-10(11(2)16)15(20)19-8-5-12(6-9-19)13-4-3-7-18-14(13)17;1-5-11(12-6-7-17-9-12)8-13(10(2)3)14(4,15)16/h3-5,7H,6,8-9H2,1-2H3;5-9H,2H2,1,3-4H3/b11-10-;11-5+,13-8+. The molecular weight excluding hydrogens is 501 g/mol. The van der Waals surface area contributed by atoms with E-state index in [1.807, 2.05) is 6.08 Å². The van der Waals surface area contributed by atoms with Crippen molar-refractivity contribution in [1.82, 2.24) is 9.88 Å². The second kappa shape index (κ2) is 13.3. The van der Waals surface area contributed by atoms with Gasteiger partial charge in [-0.2, -0.15) is 4.39 Å². The van der Waals surface area contributed by atoms with E-state index in [9.17, 15) is 18.0 Å². The van der Waals surface area contributed by atoms with E-state index in [4.69, 9.17) is 16.0 Å². The number of amides is 1. The summed E-state index contributed by atoms with van der Waals surface area (Å²) in [5.41, 5.74) is 3.72. The molecule has 0 spiro atoms. The van der Waals surface area contributed by atoms with Gasteiger partial charge in [-0.25, -0.2) is 13.8 Å². The lowest BCUT2D eigenvalue weighted by atomic mass is 9.98. The number of alkyl halides is 2. The zero-order valence-corrected chi connectivity index (χ0v) is 22.5. The molecule has 1 amide bonds. The van der Waals surface area contributed by atoms with Crippen molar-refractivity contribution in [2.24, 2.45) is 0 Å². The van der Waals surface area contributed by atoms with Gasteiger partial charge in [0.25, 0.3) is 11.8 Å². The first-order valence-electron chi connectivity index (χ1n) is 11.7. The Morgan fingerprint density at radius 1 is 1.27 bits per heavy atom. The van der Waals surface area contributed by atoms with Crippen LogP contribution in [-0.4, -0.2) is 34.8 Å². The first kappa shape index (κ1) is 29.9. The summed E-state index contributed by atoms with van der Waals surface area (Å²) in [6, 6.07) is 5.15. The number of pyridine rings is 1. The fourth-order valence-corrected chi connectivity index (χ4v) is 3.73. The molecule has 0 fully saturated rings. The molecule has 0 aromatic carbocycles. The summed E-state index contributed by atoms with van der Waals surface area (Å²) in [4.78, 5) is 17.5. The van der Waals surface area contributed by atoms with E-state index in [1.54, 1.807) is 56.9 Å². The van der Waals surface area contributed by atoms with Crippen LogP contribution >= 0.6 is 11.6 Å². The molecule has 8 heteroatoms. The average molecular weight is 533 g/mol. The SMILES string of the molecule is C/C(Cl)=C(\C)C(=O)N1CC=C(c2cccnc2F)CC1.C=C(C)/C(=C\C(=C/C)c1ccoc1)C(C)(F)F. The van der Waals surface area contributed by atoms with Crippen molar-refractivity contribution in [3.8, 4) is 0 Å². The third-order valence-electron chi connectivity index (χ3n) is 5.84. The molecule has 2 aromatic heterocycles. The van der Waals surface area contributed by atoms with Crippen molar-refractivity contribution in [3.05, 3.63) is 101 Å². The number of rotatable bonds is 6. The Balaban J connectivity index is 0.000000264. The van der Waals surface area contributed by atoms with Gasteiger partial charge in [-0.3, -0.25) is 4.79 Å². The van der Waals surface area contributed by atoms with Gasteiger partial charge in [0, 0.05) is 53.5 Å². The second-order valence-corrected chi connectivity index (χ2v) is 9.28. The van der Waals surface area contributed by atoms with Crippen LogP contribution in [0.25, 0.3) is 11.1 Å². The summed E-state index contributed by atoms with van der Waals surface area (Å²) in [5.74, 6) is -3.44. The maximum absolute atomic E-state index is 13.6. The molecule has 3 rings (SSSR count). The summed E-state index contributed by atoms with van der Waals surface area (Å²) < 4.78 is 45.3. The lowest BCUT2D eigenvalue weighted by Crippen LogP contribution is -2.35.